The van der Waals surface area contributed by atoms with Gasteiger partial charge in [0, 0.05) is 39.3 Å². The topological polar surface area (TPSA) is 34.0 Å². The van der Waals surface area contributed by atoms with Crippen molar-refractivity contribution in [1.29, 1.82) is 0 Å². The summed E-state index contributed by atoms with van der Waals surface area (Å²) in [5, 5.41) is 2.16. The van der Waals surface area contributed by atoms with E-state index < -0.39 is 0 Å². The summed E-state index contributed by atoms with van der Waals surface area (Å²) in [4.78, 5) is 12.8. The summed E-state index contributed by atoms with van der Waals surface area (Å²) in [6.45, 7) is 0. The standard InChI is InChI=1S/C58H40N4/c1-5-15-41(16-6-1)43-25-33-49(34-26-43)61(50-35-27-44(28-36-50)42-17-7-2-8-18-42)51-37-29-45(30-38-51)46-31-39-52(40-32-46)62-54-24-14-13-23-53(54)55-56(47-19-9-3-10-20-47)59-57(60-58(55)62)48-21-11-4-12-22-48/h1-40H. The van der Waals surface area contributed by atoms with Crippen molar-refractivity contribution in [3.63, 3.8) is 0 Å². The first kappa shape index (κ1) is 36.7. The number of hydrogen-bond acceptors (Lipinski definition) is 3. The minimum atomic E-state index is 0.700. The number of benzene rings is 9. The van der Waals surface area contributed by atoms with Crippen LogP contribution in [0.5, 0.6) is 0 Å². The van der Waals surface area contributed by atoms with Gasteiger partial charge in [-0.15, -0.1) is 0 Å². The van der Waals surface area contributed by atoms with Crippen LogP contribution in [0.25, 0.3) is 83.6 Å². The molecule has 11 rings (SSSR count). The van der Waals surface area contributed by atoms with E-state index in [-0.39, 0.29) is 0 Å². The van der Waals surface area contributed by atoms with E-state index in [9.17, 15) is 0 Å². The van der Waals surface area contributed by atoms with Gasteiger partial charge in [0.1, 0.15) is 5.65 Å². The van der Waals surface area contributed by atoms with Crippen molar-refractivity contribution < 1.29 is 0 Å². The van der Waals surface area contributed by atoms with Crippen molar-refractivity contribution in [1.82, 2.24) is 14.5 Å². The van der Waals surface area contributed by atoms with Crippen LogP contribution in [-0.4, -0.2) is 14.5 Å². The molecule has 0 fully saturated rings. The second-order valence-corrected chi connectivity index (χ2v) is 15.4. The van der Waals surface area contributed by atoms with Crippen molar-refractivity contribution in [2.75, 3.05) is 4.90 Å². The van der Waals surface area contributed by atoms with Gasteiger partial charge in [-0.25, -0.2) is 9.97 Å². The quantitative estimate of drug-likeness (QED) is 0.146. The van der Waals surface area contributed by atoms with Crippen molar-refractivity contribution in [2.45, 2.75) is 0 Å². The average Bonchev–Trinajstić information content (AvgIpc) is 3.70. The Bertz CT molecular complexity index is 3190. The van der Waals surface area contributed by atoms with Crippen LogP contribution in [-0.2, 0) is 0 Å². The van der Waals surface area contributed by atoms with Gasteiger partial charge >= 0.3 is 0 Å². The number of rotatable bonds is 9. The van der Waals surface area contributed by atoms with Gasteiger partial charge in [-0.3, -0.25) is 4.57 Å². The molecular weight excluding hydrogens is 753 g/mol. The first-order valence-corrected chi connectivity index (χ1v) is 21.0. The van der Waals surface area contributed by atoms with Gasteiger partial charge in [0.25, 0.3) is 0 Å². The molecule has 0 aliphatic carbocycles. The number of anilines is 3. The molecule has 0 aliphatic rings. The smallest absolute Gasteiger partial charge is 0.162 e. The maximum Gasteiger partial charge on any atom is 0.162 e. The van der Waals surface area contributed by atoms with Gasteiger partial charge < -0.3 is 4.90 Å². The van der Waals surface area contributed by atoms with Crippen molar-refractivity contribution in [3.05, 3.63) is 243 Å². The van der Waals surface area contributed by atoms with Crippen LogP contribution in [0.1, 0.15) is 0 Å². The molecule has 0 saturated heterocycles. The Morgan fingerprint density at radius 1 is 0.306 bits per heavy atom. The molecule has 4 nitrogen and oxygen atoms in total. The fraction of sp³-hybridized carbons (Fsp3) is 0. The maximum absolute atomic E-state index is 5.29. The number of aromatic nitrogens is 3. The molecule has 0 radical (unpaired) electrons. The minimum absolute atomic E-state index is 0.700. The third-order valence-electron chi connectivity index (χ3n) is 11.6. The normalized spacial score (nSPS) is 11.2. The summed E-state index contributed by atoms with van der Waals surface area (Å²) < 4.78 is 2.28. The van der Waals surface area contributed by atoms with E-state index >= 15 is 0 Å². The van der Waals surface area contributed by atoms with E-state index in [0.717, 1.165) is 72.6 Å². The molecule has 2 heterocycles. The summed E-state index contributed by atoms with van der Waals surface area (Å²) in [6, 6.07) is 85.7. The number of fused-ring (bicyclic) bond motifs is 3. The average molecular weight is 793 g/mol. The molecule has 0 bridgehead atoms. The van der Waals surface area contributed by atoms with E-state index in [1.807, 2.05) is 24.3 Å². The fourth-order valence-electron chi connectivity index (χ4n) is 8.56. The highest BCUT2D eigenvalue weighted by Gasteiger charge is 2.21. The molecule has 0 N–H and O–H groups in total. The van der Waals surface area contributed by atoms with Crippen molar-refractivity contribution in [2.24, 2.45) is 0 Å². The Kier molecular flexibility index (Phi) is 9.49. The summed E-state index contributed by atoms with van der Waals surface area (Å²) in [5.74, 6) is 0.700. The van der Waals surface area contributed by atoms with Gasteiger partial charge in [-0.2, -0.15) is 0 Å². The van der Waals surface area contributed by atoms with Crippen LogP contribution in [0, 0.1) is 0 Å². The van der Waals surface area contributed by atoms with E-state index in [0.29, 0.717) is 5.82 Å². The highest BCUT2D eigenvalue weighted by Crippen LogP contribution is 2.40. The van der Waals surface area contributed by atoms with Crippen LogP contribution in [0.2, 0.25) is 0 Å². The molecule has 0 aliphatic heterocycles. The second kappa shape index (κ2) is 16.0. The summed E-state index contributed by atoms with van der Waals surface area (Å²) >= 11 is 0. The molecule has 11 aromatic rings. The van der Waals surface area contributed by atoms with Crippen LogP contribution in [0.4, 0.5) is 17.1 Å². The zero-order chi connectivity index (χ0) is 41.2. The zero-order valence-electron chi connectivity index (χ0n) is 33.9. The van der Waals surface area contributed by atoms with E-state index in [4.69, 9.17) is 9.97 Å². The van der Waals surface area contributed by atoms with Gasteiger partial charge in [0.15, 0.2) is 5.82 Å². The summed E-state index contributed by atoms with van der Waals surface area (Å²) in [7, 11) is 0. The van der Waals surface area contributed by atoms with Crippen LogP contribution >= 0.6 is 0 Å². The molecular formula is C58H40N4. The molecule has 4 heteroatoms. The van der Waals surface area contributed by atoms with Gasteiger partial charge in [-0.1, -0.05) is 188 Å². The Morgan fingerprint density at radius 2 is 0.677 bits per heavy atom. The summed E-state index contributed by atoms with van der Waals surface area (Å²) in [6.07, 6.45) is 0. The van der Waals surface area contributed by atoms with Gasteiger partial charge in [0.05, 0.1) is 16.6 Å². The molecule has 2 aromatic heterocycles. The van der Waals surface area contributed by atoms with Crippen molar-refractivity contribution >= 4 is 39.0 Å². The van der Waals surface area contributed by atoms with E-state index in [2.05, 4.69) is 228 Å². The third-order valence-corrected chi connectivity index (χ3v) is 11.6. The fourth-order valence-corrected chi connectivity index (χ4v) is 8.56. The monoisotopic (exact) mass is 792 g/mol. The van der Waals surface area contributed by atoms with E-state index in [1.165, 1.54) is 22.3 Å². The highest BCUT2D eigenvalue weighted by atomic mass is 15.1. The minimum Gasteiger partial charge on any atom is -0.311 e. The molecule has 0 amide bonds. The predicted molar refractivity (Wildman–Crippen MR) is 258 cm³/mol. The lowest BCUT2D eigenvalue weighted by Crippen LogP contribution is -2.09. The highest BCUT2D eigenvalue weighted by molar-refractivity contribution is 6.14. The number of para-hydroxylation sites is 1. The molecule has 0 atom stereocenters. The largest absolute Gasteiger partial charge is 0.311 e. The molecule has 0 unspecified atom stereocenters. The first-order valence-electron chi connectivity index (χ1n) is 21.0. The van der Waals surface area contributed by atoms with Crippen molar-refractivity contribution in [3.8, 4) is 61.7 Å². The van der Waals surface area contributed by atoms with Crippen LogP contribution in [0.3, 0.4) is 0 Å². The first-order chi connectivity index (χ1) is 30.7. The Labute approximate surface area is 361 Å². The lowest BCUT2D eigenvalue weighted by Gasteiger charge is -2.26. The predicted octanol–water partition coefficient (Wildman–Crippen LogP) is 15.4. The Balaban J connectivity index is 0.964. The molecule has 0 saturated carbocycles. The zero-order valence-corrected chi connectivity index (χ0v) is 33.9. The maximum atomic E-state index is 5.29. The lowest BCUT2D eigenvalue weighted by atomic mass is 10.0. The third kappa shape index (κ3) is 6.90. The van der Waals surface area contributed by atoms with Crippen LogP contribution in [0.15, 0.2) is 243 Å². The summed E-state index contributed by atoms with van der Waals surface area (Å²) in [5.41, 5.74) is 16.3. The SMILES string of the molecule is c1ccc(-c2ccc(N(c3ccc(-c4ccccc4)cc3)c3ccc(-c4ccc(-n5c6ccccc6c6c(-c7ccccc7)nc(-c7ccccc7)nc65)cc4)cc3)cc2)cc1. The Morgan fingerprint density at radius 3 is 1.15 bits per heavy atom. The van der Waals surface area contributed by atoms with E-state index in [1.54, 1.807) is 0 Å². The second-order valence-electron chi connectivity index (χ2n) is 15.4. The van der Waals surface area contributed by atoms with Crippen LogP contribution < -0.4 is 4.90 Å². The molecule has 292 valence electrons. The lowest BCUT2D eigenvalue weighted by molar-refractivity contribution is 1.11. The Hall–Kier alpha value is -8.34. The molecule has 9 aromatic carbocycles. The van der Waals surface area contributed by atoms with Gasteiger partial charge in [0.2, 0.25) is 0 Å². The number of hydrogen-bond donors (Lipinski definition) is 0. The molecule has 0 spiro atoms. The number of nitrogens with zero attached hydrogens (tertiary/aromatic N) is 4. The van der Waals surface area contributed by atoms with Gasteiger partial charge in [-0.05, 0) is 88.0 Å². The molecule has 62 heavy (non-hydrogen) atoms.